The first-order valence-corrected chi connectivity index (χ1v) is 9.63. The summed E-state index contributed by atoms with van der Waals surface area (Å²) < 4.78 is 5.69. The van der Waals surface area contributed by atoms with Gasteiger partial charge in [0.05, 0.1) is 30.0 Å². The Balaban J connectivity index is 1.98. The molecule has 1 heterocycles. The molecule has 0 radical (unpaired) electrons. The molecule has 1 aliphatic rings. The normalized spacial score (nSPS) is 16.1. The van der Waals surface area contributed by atoms with E-state index in [1.807, 2.05) is 24.3 Å². The third kappa shape index (κ3) is 4.23. The van der Waals surface area contributed by atoms with Gasteiger partial charge in [0.25, 0.3) is 5.91 Å². The summed E-state index contributed by atoms with van der Waals surface area (Å²) >= 11 is 8.73. The predicted molar refractivity (Wildman–Crippen MR) is 115 cm³/mol. The van der Waals surface area contributed by atoms with E-state index in [-0.39, 0.29) is 11.5 Å². The third-order valence-corrected chi connectivity index (χ3v) is 4.99. The smallest absolute Gasteiger partial charge is 0.339 e. The van der Waals surface area contributed by atoms with Crippen molar-refractivity contribution in [3.05, 3.63) is 75.4 Å². The first-order valence-electron chi connectivity index (χ1n) is 8.43. The first kappa shape index (κ1) is 20.0. The van der Waals surface area contributed by atoms with Crippen LogP contribution >= 0.6 is 28.1 Å². The molecule has 6 nitrogen and oxygen atoms in total. The number of anilines is 1. The Hall–Kier alpha value is -2.71. The molecule has 28 heavy (non-hydrogen) atoms. The van der Waals surface area contributed by atoms with E-state index in [4.69, 9.17) is 17.0 Å². The number of rotatable bonds is 4. The van der Waals surface area contributed by atoms with Crippen molar-refractivity contribution < 1.29 is 14.3 Å². The van der Waals surface area contributed by atoms with Crippen LogP contribution in [0.3, 0.4) is 0 Å². The number of allylic oxidation sites excluding steroid dienone is 1. The van der Waals surface area contributed by atoms with Crippen LogP contribution in [0, 0.1) is 0 Å². The number of halogens is 1. The quantitative estimate of drug-likeness (QED) is 0.478. The van der Waals surface area contributed by atoms with Crippen molar-refractivity contribution >= 4 is 50.8 Å². The Morgan fingerprint density at radius 1 is 1.18 bits per heavy atom. The molecule has 1 amide bonds. The van der Waals surface area contributed by atoms with Gasteiger partial charge in [0.1, 0.15) is 0 Å². The lowest BCUT2D eigenvalue weighted by Crippen LogP contribution is -2.45. The van der Waals surface area contributed by atoms with E-state index in [2.05, 4.69) is 31.9 Å². The van der Waals surface area contributed by atoms with Crippen LogP contribution in [-0.4, -0.2) is 24.1 Å². The second-order valence-electron chi connectivity index (χ2n) is 6.12. The highest BCUT2D eigenvalue weighted by molar-refractivity contribution is 9.10. The van der Waals surface area contributed by atoms with Crippen LogP contribution in [0.5, 0.6) is 0 Å². The fourth-order valence-corrected chi connectivity index (χ4v) is 3.69. The topological polar surface area (TPSA) is 79.5 Å². The van der Waals surface area contributed by atoms with Crippen molar-refractivity contribution in [3.63, 3.8) is 0 Å². The third-order valence-electron chi connectivity index (χ3n) is 4.28. The number of thiocarbonyl (C=S) groups is 1. The summed E-state index contributed by atoms with van der Waals surface area (Å²) in [5, 5.41) is 9.40. The minimum absolute atomic E-state index is 0.280. The maximum Gasteiger partial charge on any atom is 0.339 e. The molecule has 3 rings (SSSR count). The van der Waals surface area contributed by atoms with Gasteiger partial charge in [-0.1, -0.05) is 40.2 Å². The summed E-state index contributed by atoms with van der Waals surface area (Å²) in [4.78, 5) is 25.2. The summed E-state index contributed by atoms with van der Waals surface area (Å²) in [6.07, 6.45) is 0. The fraction of sp³-hybridized carbons (Fsp3) is 0.150. The van der Waals surface area contributed by atoms with Gasteiger partial charge in [-0.2, -0.15) is 0 Å². The van der Waals surface area contributed by atoms with E-state index in [1.165, 1.54) is 7.11 Å². The van der Waals surface area contributed by atoms with Gasteiger partial charge < -0.3 is 20.7 Å². The number of carbonyl (C=O) groups is 2. The molecule has 3 N–H and O–H groups in total. The maximum absolute atomic E-state index is 13.2. The van der Waals surface area contributed by atoms with E-state index in [0.29, 0.717) is 22.1 Å². The monoisotopic (exact) mass is 459 g/mol. The molecule has 0 saturated carbocycles. The molecule has 8 heteroatoms. The zero-order valence-electron chi connectivity index (χ0n) is 15.2. The summed E-state index contributed by atoms with van der Waals surface area (Å²) in [6.45, 7) is 1.79. The van der Waals surface area contributed by atoms with E-state index >= 15 is 0 Å². The number of carbonyl (C=O) groups excluding carboxylic acids is 2. The second kappa shape index (κ2) is 8.53. The number of amides is 1. The summed E-state index contributed by atoms with van der Waals surface area (Å²) in [5.74, 6) is -0.868. The number of benzene rings is 2. The lowest BCUT2D eigenvalue weighted by Gasteiger charge is -2.30. The average Bonchev–Trinajstić information content (AvgIpc) is 2.67. The molecule has 0 bridgehead atoms. The standard InChI is InChI=1S/C20H18BrN3O3S/c1-11-16(17(24-20(28)22-11)12-6-5-7-13(21)10-12)18(25)23-15-9-4-3-8-14(15)19(26)27-2/h3-10,17H,1-2H3,(H,23,25)(H2,22,24,28)/t17-/m0/s1. The van der Waals surface area contributed by atoms with E-state index < -0.39 is 12.0 Å². The van der Waals surface area contributed by atoms with Crippen molar-refractivity contribution in [1.29, 1.82) is 0 Å². The number of ether oxygens (including phenoxy) is 1. The van der Waals surface area contributed by atoms with Crippen LogP contribution in [0.1, 0.15) is 28.9 Å². The highest BCUT2D eigenvalue weighted by Gasteiger charge is 2.30. The molecule has 0 saturated heterocycles. The Morgan fingerprint density at radius 3 is 2.64 bits per heavy atom. The van der Waals surface area contributed by atoms with Crippen molar-refractivity contribution in [1.82, 2.24) is 10.6 Å². The van der Waals surface area contributed by atoms with Crippen molar-refractivity contribution in [2.24, 2.45) is 0 Å². The van der Waals surface area contributed by atoms with E-state index in [9.17, 15) is 9.59 Å². The lowest BCUT2D eigenvalue weighted by molar-refractivity contribution is -0.113. The maximum atomic E-state index is 13.2. The van der Waals surface area contributed by atoms with Crippen LogP contribution in [0.2, 0.25) is 0 Å². The highest BCUT2D eigenvalue weighted by Crippen LogP contribution is 2.29. The SMILES string of the molecule is COC(=O)c1ccccc1NC(=O)C1=C(C)NC(=S)N[C@H]1c1cccc(Br)c1. The van der Waals surface area contributed by atoms with E-state index in [0.717, 1.165) is 10.0 Å². The van der Waals surface area contributed by atoms with Gasteiger partial charge in [0, 0.05) is 10.2 Å². The zero-order chi connectivity index (χ0) is 20.3. The fourth-order valence-electron chi connectivity index (χ4n) is 3.00. The van der Waals surface area contributed by atoms with Gasteiger partial charge in [-0.05, 0) is 49.0 Å². The molecule has 2 aromatic carbocycles. The van der Waals surface area contributed by atoms with Crippen LogP contribution < -0.4 is 16.0 Å². The molecule has 1 atom stereocenters. The Labute approximate surface area is 176 Å². The number of para-hydroxylation sites is 1. The molecule has 2 aromatic rings. The van der Waals surface area contributed by atoms with Gasteiger partial charge in [0.15, 0.2) is 5.11 Å². The molecule has 1 aliphatic heterocycles. The number of hydrogen-bond acceptors (Lipinski definition) is 4. The minimum atomic E-state index is -0.522. The van der Waals surface area contributed by atoms with Gasteiger partial charge in [0.2, 0.25) is 0 Å². The molecule has 0 unspecified atom stereocenters. The van der Waals surface area contributed by atoms with Gasteiger partial charge >= 0.3 is 5.97 Å². The second-order valence-corrected chi connectivity index (χ2v) is 7.44. The largest absolute Gasteiger partial charge is 0.465 e. The van der Waals surface area contributed by atoms with Crippen LogP contribution in [-0.2, 0) is 9.53 Å². The number of esters is 1. The van der Waals surface area contributed by atoms with Crippen LogP contribution in [0.25, 0.3) is 0 Å². The summed E-state index contributed by atoms with van der Waals surface area (Å²) in [6, 6.07) is 13.9. The average molecular weight is 460 g/mol. The Kier molecular flexibility index (Phi) is 6.11. The number of hydrogen-bond donors (Lipinski definition) is 3. The zero-order valence-corrected chi connectivity index (χ0v) is 17.6. The van der Waals surface area contributed by atoms with Gasteiger partial charge in [-0.3, -0.25) is 4.79 Å². The van der Waals surface area contributed by atoms with Crippen molar-refractivity contribution in [2.75, 3.05) is 12.4 Å². The molecule has 0 fully saturated rings. The minimum Gasteiger partial charge on any atom is -0.465 e. The molecule has 0 aromatic heterocycles. The highest BCUT2D eigenvalue weighted by atomic mass is 79.9. The Morgan fingerprint density at radius 2 is 1.93 bits per heavy atom. The lowest BCUT2D eigenvalue weighted by atomic mass is 9.95. The first-order chi connectivity index (χ1) is 13.4. The van der Waals surface area contributed by atoms with E-state index in [1.54, 1.807) is 31.2 Å². The summed E-state index contributed by atoms with van der Waals surface area (Å²) in [5.41, 5.74) is 2.65. The molecule has 144 valence electrons. The molecule has 0 aliphatic carbocycles. The number of methoxy groups -OCH3 is 1. The number of nitrogens with one attached hydrogen (secondary N) is 3. The summed E-state index contributed by atoms with van der Waals surface area (Å²) in [7, 11) is 1.30. The van der Waals surface area contributed by atoms with Gasteiger partial charge in [-0.25, -0.2) is 4.79 Å². The predicted octanol–water partition coefficient (Wildman–Crippen LogP) is 3.67. The van der Waals surface area contributed by atoms with Crippen LogP contribution in [0.4, 0.5) is 5.69 Å². The van der Waals surface area contributed by atoms with Crippen molar-refractivity contribution in [3.8, 4) is 0 Å². The molecular formula is C20H18BrN3O3S. The van der Waals surface area contributed by atoms with Crippen LogP contribution in [0.15, 0.2) is 64.3 Å². The molecular weight excluding hydrogens is 442 g/mol. The molecule has 0 spiro atoms. The van der Waals surface area contributed by atoms with Gasteiger partial charge in [-0.15, -0.1) is 0 Å². The van der Waals surface area contributed by atoms with Crippen molar-refractivity contribution in [2.45, 2.75) is 13.0 Å². The Bertz CT molecular complexity index is 990.